The van der Waals surface area contributed by atoms with Crippen molar-refractivity contribution in [3.8, 4) is 0 Å². The van der Waals surface area contributed by atoms with Gasteiger partial charge in [0, 0.05) is 17.7 Å². The van der Waals surface area contributed by atoms with Crippen LogP contribution in [0, 0.1) is 0 Å². The minimum absolute atomic E-state index is 0.0321. The molecule has 1 heterocycles. The van der Waals surface area contributed by atoms with E-state index in [0.717, 1.165) is 16.5 Å². The molecule has 0 amide bonds. The average molecular weight is 301 g/mol. The highest BCUT2D eigenvalue weighted by Crippen LogP contribution is 2.20. The van der Waals surface area contributed by atoms with Crippen LogP contribution in [-0.2, 0) is 6.54 Å². The quantitative estimate of drug-likeness (QED) is 0.693. The van der Waals surface area contributed by atoms with Gasteiger partial charge in [0.2, 0.25) is 0 Å². The van der Waals surface area contributed by atoms with E-state index in [4.69, 9.17) is 0 Å². The van der Waals surface area contributed by atoms with Gasteiger partial charge in [0.25, 0.3) is 0 Å². The number of aromatic nitrogens is 3. The molecule has 1 aromatic heterocycles. The van der Waals surface area contributed by atoms with Crippen molar-refractivity contribution in [3.63, 3.8) is 0 Å². The number of carbonyl (C=O) groups excluding carboxylic acids is 1. The Morgan fingerprint density at radius 1 is 1.04 bits per heavy atom. The minimum Gasteiger partial charge on any atom is -0.292 e. The topological polar surface area (TPSA) is 47.8 Å². The van der Waals surface area contributed by atoms with Gasteiger partial charge in [-0.05, 0) is 16.8 Å². The zero-order valence-electron chi connectivity index (χ0n) is 12.5. The SMILES string of the molecule is O=C(Cn1cc(C2C=CC=C2)nn1)c1ccc2ccccc2c1. The van der Waals surface area contributed by atoms with Crippen molar-refractivity contribution in [2.75, 3.05) is 0 Å². The third-order valence-electron chi connectivity index (χ3n) is 4.02. The molecular weight excluding hydrogens is 286 g/mol. The molecule has 112 valence electrons. The maximum atomic E-state index is 12.5. The first-order valence-corrected chi connectivity index (χ1v) is 7.57. The highest BCUT2D eigenvalue weighted by molar-refractivity contribution is 5.99. The summed E-state index contributed by atoms with van der Waals surface area (Å²) in [6.45, 7) is 0.200. The zero-order valence-corrected chi connectivity index (χ0v) is 12.5. The first-order chi connectivity index (χ1) is 11.3. The van der Waals surface area contributed by atoms with Crippen LogP contribution in [0.25, 0.3) is 10.8 Å². The fraction of sp³-hybridized carbons (Fsp3) is 0.105. The van der Waals surface area contributed by atoms with E-state index in [2.05, 4.69) is 22.5 Å². The monoisotopic (exact) mass is 301 g/mol. The smallest absolute Gasteiger partial charge is 0.184 e. The molecule has 23 heavy (non-hydrogen) atoms. The lowest BCUT2D eigenvalue weighted by atomic mass is 10.0. The second kappa shape index (κ2) is 5.65. The maximum Gasteiger partial charge on any atom is 0.184 e. The summed E-state index contributed by atoms with van der Waals surface area (Å²) in [7, 11) is 0. The summed E-state index contributed by atoms with van der Waals surface area (Å²) in [6, 6.07) is 13.8. The van der Waals surface area contributed by atoms with E-state index in [-0.39, 0.29) is 18.2 Å². The number of rotatable bonds is 4. The van der Waals surface area contributed by atoms with Crippen molar-refractivity contribution in [3.05, 3.63) is 84.2 Å². The van der Waals surface area contributed by atoms with Gasteiger partial charge in [0.05, 0.1) is 5.69 Å². The number of carbonyl (C=O) groups is 1. The largest absolute Gasteiger partial charge is 0.292 e. The predicted molar refractivity (Wildman–Crippen MR) is 89.3 cm³/mol. The molecule has 1 aliphatic carbocycles. The van der Waals surface area contributed by atoms with Crippen LogP contribution in [0.2, 0.25) is 0 Å². The standard InChI is InChI=1S/C19H15N3O/c23-19(17-10-9-14-5-1-4-8-16(14)11-17)13-22-12-18(20-21-22)15-6-2-3-7-15/h1-12,15H,13H2. The molecule has 2 aromatic carbocycles. The van der Waals surface area contributed by atoms with Crippen LogP contribution in [0.5, 0.6) is 0 Å². The van der Waals surface area contributed by atoms with E-state index in [1.807, 2.05) is 60.8 Å². The zero-order chi connectivity index (χ0) is 15.6. The predicted octanol–water partition coefficient (Wildman–Crippen LogP) is 3.52. The number of nitrogens with zero attached hydrogens (tertiary/aromatic N) is 3. The molecule has 0 atom stereocenters. The summed E-state index contributed by atoms with van der Waals surface area (Å²) >= 11 is 0. The summed E-state index contributed by atoms with van der Waals surface area (Å²) in [5, 5.41) is 10.4. The third kappa shape index (κ3) is 2.71. The average Bonchev–Trinajstić information content (AvgIpc) is 3.25. The molecule has 4 nitrogen and oxygen atoms in total. The fourth-order valence-corrected chi connectivity index (χ4v) is 2.77. The molecule has 0 radical (unpaired) electrons. The summed E-state index contributed by atoms with van der Waals surface area (Å²) in [4.78, 5) is 12.5. The van der Waals surface area contributed by atoms with E-state index in [0.29, 0.717) is 5.56 Å². The Balaban J connectivity index is 1.54. The summed E-state index contributed by atoms with van der Waals surface area (Å²) in [6.07, 6.45) is 9.93. The Labute approximate surface area is 133 Å². The van der Waals surface area contributed by atoms with Crippen molar-refractivity contribution in [2.45, 2.75) is 12.5 Å². The van der Waals surface area contributed by atoms with Gasteiger partial charge >= 0.3 is 0 Å². The maximum absolute atomic E-state index is 12.5. The molecule has 4 rings (SSSR count). The number of hydrogen-bond acceptors (Lipinski definition) is 3. The van der Waals surface area contributed by atoms with E-state index in [1.54, 1.807) is 4.68 Å². The Kier molecular flexibility index (Phi) is 3.35. The van der Waals surface area contributed by atoms with Crippen molar-refractivity contribution in [1.29, 1.82) is 0 Å². The normalized spacial score (nSPS) is 13.9. The second-order valence-corrected chi connectivity index (χ2v) is 5.62. The van der Waals surface area contributed by atoms with Crippen molar-refractivity contribution in [1.82, 2.24) is 15.0 Å². The van der Waals surface area contributed by atoms with Gasteiger partial charge in [0.1, 0.15) is 6.54 Å². The van der Waals surface area contributed by atoms with Crippen LogP contribution < -0.4 is 0 Å². The molecule has 0 spiro atoms. The number of hydrogen-bond donors (Lipinski definition) is 0. The van der Waals surface area contributed by atoms with Gasteiger partial charge in [-0.15, -0.1) is 5.10 Å². The lowest BCUT2D eigenvalue weighted by Gasteiger charge is -2.03. The molecule has 0 saturated heterocycles. The lowest BCUT2D eigenvalue weighted by molar-refractivity contribution is 0.0967. The molecule has 3 aromatic rings. The van der Waals surface area contributed by atoms with Gasteiger partial charge in [-0.25, -0.2) is 4.68 Å². The Morgan fingerprint density at radius 3 is 2.65 bits per heavy atom. The Bertz CT molecular complexity index is 924. The number of fused-ring (bicyclic) bond motifs is 1. The van der Waals surface area contributed by atoms with Gasteiger partial charge < -0.3 is 0 Å². The van der Waals surface area contributed by atoms with Crippen LogP contribution in [0.3, 0.4) is 0 Å². The van der Waals surface area contributed by atoms with Crippen molar-refractivity contribution >= 4 is 16.6 Å². The molecule has 0 saturated carbocycles. The van der Waals surface area contributed by atoms with Crippen molar-refractivity contribution in [2.24, 2.45) is 0 Å². The number of Topliss-reactive ketones (excluding diaryl/α,β-unsaturated/α-hetero) is 1. The first kappa shape index (κ1) is 13.6. The summed E-state index contributed by atoms with van der Waals surface area (Å²) in [5.41, 5.74) is 1.56. The fourth-order valence-electron chi connectivity index (χ4n) is 2.77. The van der Waals surface area contributed by atoms with Crippen LogP contribution >= 0.6 is 0 Å². The van der Waals surface area contributed by atoms with E-state index < -0.39 is 0 Å². The second-order valence-electron chi connectivity index (χ2n) is 5.62. The van der Waals surface area contributed by atoms with Crippen molar-refractivity contribution < 1.29 is 4.79 Å². The summed E-state index contributed by atoms with van der Waals surface area (Å²) < 4.78 is 1.60. The van der Waals surface area contributed by atoms with Gasteiger partial charge in [-0.2, -0.15) is 0 Å². The highest BCUT2D eigenvalue weighted by Gasteiger charge is 2.14. The van der Waals surface area contributed by atoms with Crippen LogP contribution in [-0.4, -0.2) is 20.8 Å². The van der Waals surface area contributed by atoms with Crippen LogP contribution in [0.4, 0.5) is 0 Å². The van der Waals surface area contributed by atoms with Gasteiger partial charge in [0.15, 0.2) is 5.78 Å². The molecule has 0 bridgehead atoms. The molecular formula is C19H15N3O. The highest BCUT2D eigenvalue weighted by atomic mass is 16.1. The molecule has 0 fully saturated rings. The Morgan fingerprint density at radius 2 is 1.83 bits per heavy atom. The van der Waals surface area contributed by atoms with E-state index in [9.17, 15) is 4.79 Å². The van der Waals surface area contributed by atoms with Crippen LogP contribution in [0.1, 0.15) is 22.0 Å². The minimum atomic E-state index is 0.0321. The lowest BCUT2D eigenvalue weighted by Crippen LogP contribution is -2.11. The molecule has 0 unspecified atom stereocenters. The van der Waals surface area contributed by atoms with Gasteiger partial charge in [-0.3, -0.25) is 4.79 Å². The van der Waals surface area contributed by atoms with Crippen LogP contribution in [0.15, 0.2) is 73.0 Å². The Hall–Kier alpha value is -3.01. The van der Waals surface area contributed by atoms with E-state index >= 15 is 0 Å². The number of benzene rings is 2. The molecule has 0 aliphatic heterocycles. The number of ketones is 1. The summed E-state index contributed by atoms with van der Waals surface area (Å²) in [5.74, 6) is 0.198. The number of allylic oxidation sites excluding steroid dienone is 4. The molecule has 0 N–H and O–H groups in total. The molecule has 4 heteroatoms. The first-order valence-electron chi connectivity index (χ1n) is 7.57. The van der Waals surface area contributed by atoms with Gasteiger partial charge in [-0.1, -0.05) is 65.9 Å². The van der Waals surface area contributed by atoms with E-state index in [1.165, 1.54) is 0 Å². The third-order valence-corrected chi connectivity index (χ3v) is 4.02. The molecule has 1 aliphatic rings.